The molecule has 78 valence electrons. The molecule has 0 fully saturated rings. The Morgan fingerprint density at radius 1 is 1.33 bits per heavy atom. The molecule has 0 amide bonds. The average molecular weight is 225 g/mol. The van der Waals surface area contributed by atoms with Crippen molar-refractivity contribution >= 4 is 28.2 Å². The normalized spacial score (nSPS) is 10.5. The summed E-state index contributed by atoms with van der Waals surface area (Å²) in [6, 6.07) is 7.29. The van der Waals surface area contributed by atoms with Crippen LogP contribution in [0.1, 0.15) is 0 Å². The maximum absolute atomic E-state index is 12.0. The zero-order valence-corrected chi connectivity index (χ0v) is 8.76. The van der Waals surface area contributed by atoms with Crippen molar-refractivity contribution in [2.75, 3.05) is 18.5 Å². The van der Waals surface area contributed by atoms with Crippen molar-refractivity contribution in [3.63, 3.8) is 0 Å². The number of fused-ring (bicyclic) bond motifs is 1. The first kappa shape index (κ1) is 10.2. The van der Waals surface area contributed by atoms with Gasteiger partial charge in [-0.2, -0.15) is 0 Å². The lowest BCUT2D eigenvalue weighted by atomic mass is 10.2. The zero-order valence-electron chi connectivity index (χ0n) is 8.00. The van der Waals surface area contributed by atoms with Crippen LogP contribution >= 0.6 is 11.6 Å². The molecular formula is C11H10ClFN2. The van der Waals surface area contributed by atoms with Gasteiger partial charge in [0.1, 0.15) is 6.67 Å². The molecule has 0 spiro atoms. The Balaban J connectivity index is 2.46. The molecule has 4 heteroatoms. The molecular weight excluding hydrogens is 215 g/mol. The van der Waals surface area contributed by atoms with Crippen LogP contribution in [-0.2, 0) is 0 Å². The molecule has 0 unspecified atom stereocenters. The molecule has 2 aromatic rings. The van der Waals surface area contributed by atoms with Gasteiger partial charge in [-0.05, 0) is 24.3 Å². The van der Waals surface area contributed by atoms with Gasteiger partial charge in [0.15, 0.2) is 0 Å². The second kappa shape index (κ2) is 4.45. The summed E-state index contributed by atoms with van der Waals surface area (Å²) < 4.78 is 12.0. The fraction of sp³-hybridized carbons (Fsp3) is 0.182. The third-order valence-corrected chi connectivity index (χ3v) is 2.35. The van der Waals surface area contributed by atoms with Crippen LogP contribution in [0.3, 0.4) is 0 Å². The molecule has 0 saturated carbocycles. The highest BCUT2D eigenvalue weighted by molar-refractivity contribution is 6.31. The first-order valence-corrected chi connectivity index (χ1v) is 5.03. The fourth-order valence-corrected chi connectivity index (χ4v) is 1.62. The number of benzene rings is 1. The number of rotatable bonds is 3. The molecule has 2 rings (SSSR count). The molecule has 1 aromatic heterocycles. The summed E-state index contributed by atoms with van der Waals surface area (Å²) in [7, 11) is 0. The standard InChI is InChI=1S/C11H10ClFN2/c12-8-1-2-9-10(15-6-4-13)3-5-14-11(9)7-8/h1-3,5,7H,4,6H2,(H,14,15). The largest absolute Gasteiger partial charge is 0.382 e. The highest BCUT2D eigenvalue weighted by Crippen LogP contribution is 2.23. The van der Waals surface area contributed by atoms with Crippen LogP contribution in [0.4, 0.5) is 10.1 Å². The molecule has 15 heavy (non-hydrogen) atoms. The summed E-state index contributed by atoms with van der Waals surface area (Å²) in [6.07, 6.45) is 1.68. The van der Waals surface area contributed by atoms with Gasteiger partial charge in [-0.1, -0.05) is 11.6 Å². The van der Waals surface area contributed by atoms with Crippen LogP contribution < -0.4 is 5.32 Å². The van der Waals surface area contributed by atoms with E-state index >= 15 is 0 Å². The summed E-state index contributed by atoms with van der Waals surface area (Å²) >= 11 is 5.85. The molecule has 1 aromatic carbocycles. The van der Waals surface area contributed by atoms with Gasteiger partial charge in [0, 0.05) is 28.8 Å². The number of hydrogen-bond acceptors (Lipinski definition) is 2. The first-order valence-electron chi connectivity index (χ1n) is 4.65. The van der Waals surface area contributed by atoms with Gasteiger partial charge in [0.05, 0.1) is 5.52 Å². The molecule has 1 heterocycles. The van der Waals surface area contributed by atoms with Crippen molar-refractivity contribution < 1.29 is 4.39 Å². The number of alkyl halides is 1. The first-order chi connectivity index (χ1) is 7.31. The third-order valence-electron chi connectivity index (χ3n) is 2.11. The number of nitrogens with zero attached hydrogens (tertiary/aromatic N) is 1. The van der Waals surface area contributed by atoms with Crippen molar-refractivity contribution in [2.45, 2.75) is 0 Å². The summed E-state index contributed by atoms with van der Waals surface area (Å²) in [5.41, 5.74) is 1.70. The van der Waals surface area contributed by atoms with E-state index in [9.17, 15) is 4.39 Å². The van der Waals surface area contributed by atoms with Gasteiger partial charge in [-0.15, -0.1) is 0 Å². The van der Waals surface area contributed by atoms with E-state index in [0.29, 0.717) is 11.6 Å². The highest BCUT2D eigenvalue weighted by Gasteiger charge is 2.01. The van der Waals surface area contributed by atoms with Crippen LogP contribution in [0.5, 0.6) is 0 Å². The van der Waals surface area contributed by atoms with Gasteiger partial charge in [0.2, 0.25) is 0 Å². The Kier molecular flexibility index (Phi) is 3.02. The summed E-state index contributed by atoms with van der Waals surface area (Å²) in [6.45, 7) is -0.0842. The summed E-state index contributed by atoms with van der Waals surface area (Å²) in [5.74, 6) is 0. The molecule has 2 nitrogen and oxygen atoms in total. The Bertz CT molecular complexity index is 473. The summed E-state index contributed by atoms with van der Waals surface area (Å²) in [4.78, 5) is 4.19. The van der Waals surface area contributed by atoms with Crippen molar-refractivity contribution in [2.24, 2.45) is 0 Å². The van der Waals surface area contributed by atoms with Gasteiger partial charge >= 0.3 is 0 Å². The van der Waals surface area contributed by atoms with Crippen molar-refractivity contribution in [3.8, 4) is 0 Å². The summed E-state index contributed by atoms with van der Waals surface area (Å²) in [5, 5.41) is 4.60. The number of aromatic nitrogens is 1. The second-order valence-corrected chi connectivity index (χ2v) is 3.57. The molecule has 0 bridgehead atoms. The number of anilines is 1. The van der Waals surface area contributed by atoms with Crippen molar-refractivity contribution in [1.82, 2.24) is 4.98 Å². The highest BCUT2D eigenvalue weighted by atomic mass is 35.5. The predicted molar refractivity (Wildman–Crippen MR) is 61.2 cm³/mol. The molecule has 0 saturated heterocycles. The fourth-order valence-electron chi connectivity index (χ4n) is 1.46. The quantitative estimate of drug-likeness (QED) is 0.866. The van der Waals surface area contributed by atoms with Crippen LogP contribution in [0.2, 0.25) is 5.02 Å². The minimum atomic E-state index is -0.391. The van der Waals surface area contributed by atoms with Crippen molar-refractivity contribution in [3.05, 3.63) is 35.5 Å². The van der Waals surface area contributed by atoms with Crippen LogP contribution in [0.15, 0.2) is 30.5 Å². The molecule has 0 aliphatic heterocycles. The number of halogens is 2. The lowest BCUT2D eigenvalue weighted by Crippen LogP contribution is -2.03. The molecule has 1 N–H and O–H groups in total. The predicted octanol–water partition coefficient (Wildman–Crippen LogP) is 3.27. The minimum Gasteiger partial charge on any atom is -0.382 e. The Labute approximate surface area is 92.1 Å². The number of hydrogen-bond donors (Lipinski definition) is 1. The minimum absolute atomic E-state index is 0.307. The Morgan fingerprint density at radius 2 is 2.20 bits per heavy atom. The van der Waals surface area contributed by atoms with E-state index in [1.54, 1.807) is 18.3 Å². The van der Waals surface area contributed by atoms with E-state index in [0.717, 1.165) is 16.6 Å². The maximum atomic E-state index is 12.0. The topological polar surface area (TPSA) is 24.9 Å². The van der Waals surface area contributed by atoms with E-state index in [1.165, 1.54) is 0 Å². The molecule has 0 aliphatic carbocycles. The zero-order chi connectivity index (χ0) is 10.7. The van der Waals surface area contributed by atoms with Gasteiger partial charge in [-0.3, -0.25) is 4.98 Å². The van der Waals surface area contributed by atoms with Gasteiger partial charge in [0.25, 0.3) is 0 Å². The van der Waals surface area contributed by atoms with E-state index in [4.69, 9.17) is 11.6 Å². The smallest absolute Gasteiger partial charge is 0.107 e. The Morgan fingerprint density at radius 3 is 3.00 bits per heavy atom. The van der Waals surface area contributed by atoms with E-state index in [1.807, 2.05) is 12.1 Å². The molecule has 0 aliphatic rings. The lowest BCUT2D eigenvalue weighted by Gasteiger charge is -2.07. The molecule has 0 radical (unpaired) electrons. The van der Waals surface area contributed by atoms with Crippen molar-refractivity contribution in [1.29, 1.82) is 0 Å². The third kappa shape index (κ3) is 2.18. The second-order valence-electron chi connectivity index (χ2n) is 3.14. The lowest BCUT2D eigenvalue weighted by molar-refractivity contribution is 0.513. The number of pyridine rings is 1. The van der Waals surface area contributed by atoms with E-state index in [2.05, 4.69) is 10.3 Å². The Hall–Kier alpha value is -1.35. The monoisotopic (exact) mass is 224 g/mol. The molecule has 0 atom stereocenters. The van der Waals surface area contributed by atoms with Gasteiger partial charge in [-0.25, -0.2) is 4.39 Å². The van der Waals surface area contributed by atoms with E-state index in [-0.39, 0.29) is 0 Å². The van der Waals surface area contributed by atoms with Crippen LogP contribution in [0.25, 0.3) is 10.9 Å². The SMILES string of the molecule is FCCNc1ccnc2cc(Cl)ccc12. The van der Waals surface area contributed by atoms with E-state index < -0.39 is 6.67 Å². The number of nitrogens with one attached hydrogen (secondary N) is 1. The average Bonchev–Trinajstić information content (AvgIpc) is 2.25. The maximum Gasteiger partial charge on any atom is 0.107 e. The van der Waals surface area contributed by atoms with Crippen LogP contribution in [-0.4, -0.2) is 18.2 Å². The van der Waals surface area contributed by atoms with Crippen LogP contribution in [0, 0.1) is 0 Å². The van der Waals surface area contributed by atoms with Gasteiger partial charge < -0.3 is 5.32 Å².